The highest BCUT2D eigenvalue weighted by Gasteiger charge is 2.24. The number of aromatic nitrogens is 1. The molecule has 0 fully saturated rings. The molecule has 140 valence electrons. The molecule has 2 N–H and O–H groups in total. The number of methoxy groups -OCH3 is 1. The van der Waals surface area contributed by atoms with Crippen molar-refractivity contribution in [2.24, 2.45) is 5.73 Å². The molecule has 4 rings (SSSR count). The zero-order valence-electron chi connectivity index (χ0n) is 14.7. The number of ether oxygens (including phenoxy) is 2. The van der Waals surface area contributed by atoms with Gasteiger partial charge in [-0.05, 0) is 41.3 Å². The molecule has 0 atom stereocenters. The Hall–Kier alpha value is -3.52. The maximum Gasteiger partial charge on any atom is 0.357 e. The van der Waals surface area contributed by atoms with Crippen molar-refractivity contribution in [1.82, 2.24) is 4.98 Å². The highest BCUT2D eigenvalue weighted by Crippen LogP contribution is 2.44. The number of nitrogens with two attached hydrogens (primary N) is 1. The van der Waals surface area contributed by atoms with Crippen LogP contribution < -0.4 is 10.5 Å². The first-order valence-electron chi connectivity index (χ1n) is 8.25. The number of esters is 1. The van der Waals surface area contributed by atoms with Gasteiger partial charge in [-0.3, -0.25) is 9.59 Å². The summed E-state index contributed by atoms with van der Waals surface area (Å²) in [5.74, 6) is -0.911. The van der Waals surface area contributed by atoms with E-state index in [9.17, 15) is 14.4 Å². The van der Waals surface area contributed by atoms with Gasteiger partial charge in [0, 0.05) is 27.1 Å². The summed E-state index contributed by atoms with van der Waals surface area (Å²) in [4.78, 5) is 40.6. The van der Waals surface area contributed by atoms with Gasteiger partial charge in [0.25, 0.3) is 5.91 Å². The first-order chi connectivity index (χ1) is 13.5. The number of carbonyl (C=O) groups is 3. The van der Waals surface area contributed by atoms with Crippen molar-refractivity contribution >= 4 is 29.5 Å². The van der Waals surface area contributed by atoms with Crippen LogP contribution in [-0.4, -0.2) is 30.3 Å². The number of hydrogen-bond acceptors (Lipinski definition) is 7. The number of nitrogens with zero attached hydrogens (tertiary/aromatic N) is 1. The van der Waals surface area contributed by atoms with E-state index >= 15 is 0 Å². The van der Waals surface area contributed by atoms with E-state index in [1.807, 2.05) is 11.4 Å². The van der Waals surface area contributed by atoms with Crippen molar-refractivity contribution in [2.75, 3.05) is 7.11 Å². The van der Waals surface area contributed by atoms with Gasteiger partial charge in [0.15, 0.2) is 12.0 Å². The summed E-state index contributed by atoms with van der Waals surface area (Å²) in [7, 11) is 1.21. The van der Waals surface area contributed by atoms with E-state index in [2.05, 4.69) is 4.98 Å². The van der Waals surface area contributed by atoms with Crippen LogP contribution in [0.3, 0.4) is 0 Å². The summed E-state index contributed by atoms with van der Waals surface area (Å²) in [5.41, 5.74) is 8.14. The lowest BCUT2D eigenvalue weighted by Crippen LogP contribution is -2.17. The quantitative estimate of drug-likeness (QED) is 0.538. The zero-order valence-corrected chi connectivity index (χ0v) is 15.5. The minimum Gasteiger partial charge on any atom is -0.488 e. The van der Waals surface area contributed by atoms with Crippen molar-refractivity contribution < 1.29 is 23.9 Å². The van der Waals surface area contributed by atoms with Crippen LogP contribution in [-0.2, 0) is 11.3 Å². The number of thiophene rings is 1. The standard InChI is InChI=1S/C20H14N2O5S/c1-26-20(25)17-12(2-3-15(22-17)19(21)24)13-7-16-14(6-11(13)8-23)18-10(9-27-16)4-5-28-18/h2-8H,9H2,1H3,(H2,21,24). The molecular weight excluding hydrogens is 380 g/mol. The smallest absolute Gasteiger partial charge is 0.357 e. The van der Waals surface area contributed by atoms with Gasteiger partial charge in [0.1, 0.15) is 18.1 Å². The van der Waals surface area contributed by atoms with Crippen LogP contribution in [0.25, 0.3) is 21.6 Å². The van der Waals surface area contributed by atoms with Gasteiger partial charge in [-0.2, -0.15) is 0 Å². The first kappa shape index (κ1) is 17.9. The molecular formula is C20H14N2O5S. The molecule has 0 unspecified atom stereocenters. The fourth-order valence-corrected chi connectivity index (χ4v) is 4.06. The molecule has 0 saturated heterocycles. The molecule has 8 heteroatoms. The Morgan fingerprint density at radius 1 is 1.21 bits per heavy atom. The molecule has 28 heavy (non-hydrogen) atoms. The molecule has 3 aromatic rings. The number of hydrogen-bond donors (Lipinski definition) is 1. The number of rotatable bonds is 4. The molecule has 0 spiro atoms. The third kappa shape index (κ3) is 2.84. The molecule has 1 amide bonds. The third-order valence-electron chi connectivity index (χ3n) is 4.47. The summed E-state index contributed by atoms with van der Waals surface area (Å²) < 4.78 is 10.6. The van der Waals surface area contributed by atoms with Crippen molar-refractivity contribution in [3.63, 3.8) is 0 Å². The molecule has 0 bridgehead atoms. The van der Waals surface area contributed by atoms with Crippen LogP contribution in [0, 0.1) is 0 Å². The van der Waals surface area contributed by atoms with Crippen LogP contribution in [0.2, 0.25) is 0 Å². The summed E-state index contributed by atoms with van der Waals surface area (Å²) in [6, 6.07) is 8.34. The van der Waals surface area contributed by atoms with Crippen LogP contribution in [0.5, 0.6) is 5.75 Å². The molecule has 1 aliphatic rings. The Morgan fingerprint density at radius 2 is 2.04 bits per heavy atom. The lowest BCUT2D eigenvalue weighted by Gasteiger charge is -2.20. The third-order valence-corrected chi connectivity index (χ3v) is 5.46. The SMILES string of the molecule is COC(=O)c1nc(C(N)=O)ccc1-c1cc2c(cc1C=O)-c1sccc1CO2. The lowest BCUT2D eigenvalue weighted by molar-refractivity contribution is 0.0594. The highest BCUT2D eigenvalue weighted by atomic mass is 32.1. The van der Waals surface area contributed by atoms with E-state index in [1.165, 1.54) is 19.2 Å². The summed E-state index contributed by atoms with van der Waals surface area (Å²) >= 11 is 1.57. The Labute approximate surface area is 163 Å². The second-order valence-corrected chi connectivity index (χ2v) is 6.98. The maximum atomic E-state index is 12.2. The lowest BCUT2D eigenvalue weighted by atomic mass is 9.94. The van der Waals surface area contributed by atoms with E-state index in [0.29, 0.717) is 35.3 Å². The Kier molecular flexibility index (Phi) is 4.40. The molecule has 1 aliphatic heterocycles. The second-order valence-electron chi connectivity index (χ2n) is 6.07. The minimum atomic E-state index is -0.772. The highest BCUT2D eigenvalue weighted by molar-refractivity contribution is 7.13. The predicted octanol–water partition coefficient (Wildman–Crippen LogP) is 3.07. The predicted molar refractivity (Wildman–Crippen MR) is 103 cm³/mol. The first-order valence-corrected chi connectivity index (χ1v) is 9.13. The second kappa shape index (κ2) is 6.90. The van der Waals surface area contributed by atoms with Crippen LogP contribution >= 0.6 is 11.3 Å². The van der Waals surface area contributed by atoms with Gasteiger partial charge >= 0.3 is 5.97 Å². The molecule has 7 nitrogen and oxygen atoms in total. The van der Waals surface area contributed by atoms with Crippen molar-refractivity contribution in [3.8, 4) is 27.3 Å². The van der Waals surface area contributed by atoms with Gasteiger partial charge < -0.3 is 15.2 Å². The Morgan fingerprint density at radius 3 is 2.75 bits per heavy atom. The maximum absolute atomic E-state index is 12.2. The van der Waals surface area contributed by atoms with E-state index in [4.69, 9.17) is 15.2 Å². The van der Waals surface area contributed by atoms with Crippen LogP contribution in [0.1, 0.15) is 36.9 Å². The van der Waals surface area contributed by atoms with E-state index in [0.717, 1.165) is 16.0 Å². The molecule has 0 aliphatic carbocycles. The summed E-state index contributed by atoms with van der Waals surface area (Å²) in [5, 5.41) is 1.97. The molecule has 1 aromatic carbocycles. The number of pyridine rings is 1. The zero-order chi connectivity index (χ0) is 19.8. The summed E-state index contributed by atoms with van der Waals surface area (Å²) in [6.07, 6.45) is 0.709. The van der Waals surface area contributed by atoms with Crippen molar-refractivity contribution in [2.45, 2.75) is 6.61 Å². The average Bonchev–Trinajstić information content (AvgIpc) is 3.21. The minimum absolute atomic E-state index is 0.0748. The number of fused-ring (bicyclic) bond motifs is 3. The fraction of sp³-hybridized carbons (Fsp3) is 0.100. The Bertz CT molecular complexity index is 1140. The van der Waals surface area contributed by atoms with E-state index in [-0.39, 0.29) is 11.4 Å². The van der Waals surface area contributed by atoms with Crippen LogP contribution in [0.4, 0.5) is 0 Å². The van der Waals surface area contributed by atoms with Crippen molar-refractivity contribution in [1.29, 1.82) is 0 Å². The normalized spacial score (nSPS) is 11.8. The molecule has 3 heterocycles. The van der Waals surface area contributed by atoms with E-state index in [1.54, 1.807) is 23.5 Å². The van der Waals surface area contributed by atoms with Gasteiger partial charge in [-0.25, -0.2) is 9.78 Å². The fourth-order valence-electron chi connectivity index (χ4n) is 3.13. The number of primary amides is 1. The van der Waals surface area contributed by atoms with E-state index < -0.39 is 11.9 Å². The average molecular weight is 394 g/mol. The monoisotopic (exact) mass is 394 g/mol. The number of amides is 1. The molecule has 0 radical (unpaired) electrons. The number of benzene rings is 1. The van der Waals surface area contributed by atoms with Gasteiger partial charge in [-0.1, -0.05) is 0 Å². The topological polar surface area (TPSA) is 109 Å². The largest absolute Gasteiger partial charge is 0.488 e. The van der Waals surface area contributed by atoms with Gasteiger partial charge in [0.2, 0.25) is 0 Å². The van der Waals surface area contributed by atoms with Gasteiger partial charge in [0.05, 0.1) is 7.11 Å². The molecule has 2 aromatic heterocycles. The number of carbonyl (C=O) groups excluding carboxylic acids is 3. The van der Waals surface area contributed by atoms with Gasteiger partial charge in [-0.15, -0.1) is 11.3 Å². The van der Waals surface area contributed by atoms with Crippen molar-refractivity contribution in [3.05, 3.63) is 58.2 Å². The van der Waals surface area contributed by atoms with Crippen LogP contribution in [0.15, 0.2) is 35.7 Å². The number of aldehydes is 1. The summed E-state index contributed by atoms with van der Waals surface area (Å²) in [6.45, 7) is 0.425. The Balaban J connectivity index is 1.94. The molecule has 0 saturated carbocycles.